The van der Waals surface area contributed by atoms with Gasteiger partial charge in [0.2, 0.25) is 10.0 Å². The van der Waals surface area contributed by atoms with Crippen LogP contribution in [-0.2, 0) is 10.0 Å². The van der Waals surface area contributed by atoms with Crippen LogP contribution >= 0.6 is 0 Å². The summed E-state index contributed by atoms with van der Waals surface area (Å²) >= 11 is 0. The summed E-state index contributed by atoms with van der Waals surface area (Å²) in [6, 6.07) is 13.7. The van der Waals surface area contributed by atoms with Crippen molar-refractivity contribution in [2.45, 2.75) is 49.6 Å². The minimum absolute atomic E-state index is 0.146. The molecule has 2 N–H and O–H groups in total. The monoisotopic (exact) mass is 412 g/mol. The molecule has 0 aromatic heterocycles. The number of nitrogens with one attached hydrogen (secondary N) is 2. The van der Waals surface area contributed by atoms with Gasteiger partial charge in [0, 0.05) is 17.1 Å². The van der Waals surface area contributed by atoms with E-state index < -0.39 is 15.6 Å². The molecule has 2 aromatic rings. The third-order valence-corrected chi connectivity index (χ3v) is 7.29. The minimum atomic E-state index is -3.57. The van der Waals surface area contributed by atoms with E-state index in [2.05, 4.69) is 34.3 Å². The van der Waals surface area contributed by atoms with Crippen molar-refractivity contribution < 1.29 is 13.2 Å². The van der Waals surface area contributed by atoms with E-state index in [1.54, 1.807) is 13.2 Å². The Balaban J connectivity index is 1.72. The first-order chi connectivity index (χ1) is 13.7. The molecule has 0 fully saturated rings. The van der Waals surface area contributed by atoms with E-state index in [1.165, 1.54) is 5.56 Å². The van der Waals surface area contributed by atoms with Crippen LogP contribution in [0.1, 0.15) is 50.3 Å². The highest BCUT2D eigenvalue weighted by Crippen LogP contribution is 2.50. The molecule has 0 saturated heterocycles. The largest absolute Gasteiger partial charge is 0.497 e. The second kappa shape index (κ2) is 7.18. The summed E-state index contributed by atoms with van der Waals surface area (Å²) in [5, 5.41) is 3.65. The predicted molar refractivity (Wildman–Crippen MR) is 116 cm³/mol. The quantitative estimate of drug-likeness (QED) is 0.721. The Morgan fingerprint density at radius 3 is 2.66 bits per heavy atom. The van der Waals surface area contributed by atoms with Gasteiger partial charge in [0.15, 0.2) is 0 Å². The van der Waals surface area contributed by atoms with E-state index in [0.717, 1.165) is 23.4 Å². The van der Waals surface area contributed by atoms with Crippen molar-refractivity contribution in [2.75, 3.05) is 12.4 Å². The van der Waals surface area contributed by atoms with Crippen LogP contribution in [0.15, 0.2) is 59.5 Å². The maximum absolute atomic E-state index is 12.8. The molecular formula is C23H28N2O3S. The highest BCUT2D eigenvalue weighted by Gasteiger charge is 2.38. The average molecular weight is 413 g/mol. The molecule has 29 heavy (non-hydrogen) atoms. The van der Waals surface area contributed by atoms with Crippen molar-refractivity contribution in [3.8, 4) is 5.75 Å². The summed E-state index contributed by atoms with van der Waals surface area (Å²) < 4.78 is 33.8. The maximum atomic E-state index is 12.8. The van der Waals surface area contributed by atoms with Gasteiger partial charge >= 0.3 is 0 Å². The van der Waals surface area contributed by atoms with E-state index in [9.17, 15) is 8.42 Å². The average Bonchev–Trinajstić information content (AvgIpc) is 3.15. The Hall–Kier alpha value is -2.31. The van der Waals surface area contributed by atoms with E-state index in [4.69, 9.17) is 4.74 Å². The summed E-state index contributed by atoms with van der Waals surface area (Å²) in [6.07, 6.45) is 5.37. The molecule has 1 aliphatic carbocycles. The second-order valence-electron chi connectivity index (χ2n) is 8.86. The van der Waals surface area contributed by atoms with Crippen LogP contribution in [0, 0.1) is 5.92 Å². The third kappa shape index (κ3) is 3.91. The van der Waals surface area contributed by atoms with E-state index in [0.29, 0.717) is 10.8 Å². The Bertz CT molecular complexity index is 1050. The van der Waals surface area contributed by atoms with Crippen LogP contribution in [0.3, 0.4) is 0 Å². The number of benzene rings is 2. The molecule has 4 rings (SSSR count). The van der Waals surface area contributed by atoms with Gasteiger partial charge in [-0.1, -0.05) is 24.3 Å². The lowest BCUT2D eigenvalue weighted by atomic mass is 9.77. The summed E-state index contributed by atoms with van der Waals surface area (Å²) in [6.45, 7) is 5.54. The van der Waals surface area contributed by atoms with Crippen LogP contribution in [0.25, 0.3) is 0 Å². The van der Waals surface area contributed by atoms with E-state index >= 15 is 0 Å². The first-order valence-electron chi connectivity index (χ1n) is 9.93. The SMILES string of the molecule is COc1cccc(C2Nc3ccc(S(=O)(=O)NC(C)(C)C)cc3C3C=CCC32)c1. The van der Waals surface area contributed by atoms with Crippen LogP contribution in [0.2, 0.25) is 0 Å². The number of fused-ring (bicyclic) bond motifs is 3. The summed E-state index contributed by atoms with van der Waals surface area (Å²) in [5.41, 5.74) is 2.68. The van der Waals surface area contributed by atoms with Crippen molar-refractivity contribution in [2.24, 2.45) is 5.92 Å². The van der Waals surface area contributed by atoms with Crippen LogP contribution in [0.4, 0.5) is 5.69 Å². The standard InChI is InChI=1S/C23H28N2O3S/c1-23(2,3)25-29(26,27)17-11-12-21-20(14-17)18-9-6-10-19(18)22(24-21)15-7-5-8-16(13-15)28-4/h5-9,11-14,18-19,22,24-25H,10H2,1-4H3. The Morgan fingerprint density at radius 2 is 1.93 bits per heavy atom. The maximum Gasteiger partial charge on any atom is 0.241 e. The lowest BCUT2D eigenvalue weighted by Gasteiger charge is -2.38. The highest BCUT2D eigenvalue weighted by molar-refractivity contribution is 7.89. The second-order valence-corrected chi connectivity index (χ2v) is 10.5. The lowest BCUT2D eigenvalue weighted by Crippen LogP contribution is -2.40. The molecular weight excluding hydrogens is 384 g/mol. The molecule has 3 unspecified atom stereocenters. The number of anilines is 1. The molecule has 1 heterocycles. The first kappa shape index (κ1) is 20.0. The number of hydrogen-bond donors (Lipinski definition) is 2. The van der Waals surface area contributed by atoms with Gasteiger partial charge < -0.3 is 10.1 Å². The lowest BCUT2D eigenvalue weighted by molar-refractivity contribution is 0.406. The molecule has 0 radical (unpaired) electrons. The van der Waals surface area contributed by atoms with Gasteiger partial charge in [-0.2, -0.15) is 0 Å². The van der Waals surface area contributed by atoms with Gasteiger partial charge in [-0.3, -0.25) is 0 Å². The number of methoxy groups -OCH3 is 1. The number of hydrogen-bond acceptors (Lipinski definition) is 4. The predicted octanol–water partition coefficient (Wildman–Crippen LogP) is 4.60. The molecule has 5 nitrogen and oxygen atoms in total. The van der Waals surface area contributed by atoms with E-state index in [-0.39, 0.29) is 12.0 Å². The van der Waals surface area contributed by atoms with Crippen molar-refractivity contribution in [3.05, 3.63) is 65.7 Å². The number of allylic oxidation sites excluding steroid dienone is 2. The Morgan fingerprint density at radius 1 is 1.14 bits per heavy atom. The third-order valence-electron chi connectivity index (χ3n) is 5.54. The molecule has 1 aliphatic heterocycles. The van der Waals surface area contributed by atoms with Gasteiger partial charge in [0.1, 0.15) is 5.75 Å². The number of ether oxygens (including phenoxy) is 1. The first-order valence-corrected chi connectivity index (χ1v) is 11.4. The molecule has 2 aliphatic rings. The van der Waals surface area contributed by atoms with Crippen molar-refractivity contribution in [3.63, 3.8) is 0 Å². The van der Waals surface area contributed by atoms with Crippen molar-refractivity contribution in [1.82, 2.24) is 4.72 Å². The van der Waals surface area contributed by atoms with Gasteiger partial charge in [0.25, 0.3) is 0 Å². The summed E-state index contributed by atoms with van der Waals surface area (Å²) in [7, 11) is -1.90. The molecule has 6 heteroatoms. The molecule has 0 bridgehead atoms. The zero-order valence-corrected chi connectivity index (χ0v) is 18.1. The molecule has 0 amide bonds. The summed E-state index contributed by atoms with van der Waals surface area (Å²) in [4.78, 5) is 0.312. The minimum Gasteiger partial charge on any atom is -0.497 e. The van der Waals surface area contributed by atoms with Crippen LogP contribution < -0.4 is 14.8 Å². The Labute approximate surface area is 173 Å². The molecule has 154 valence electrons. The van der Waals surface area contributed by atoms with Gasteiger partial charge in [-0.05, 0) is 74.6 Å². The fourth-order valence-electron chi connectivity index (χ4n) is 4.37. The topological polar surface area (TPSA) is 67.4 Å². The van der Waals surface area contributed by atoms with Gasteiger partial charge in [-0.25, -0.2) is 13.1 Å². The van der Waals surface area contributed by atoms with Gasteiger partial charge in [0.05, 0.1) is 18.0 Å². The number of sulfonamides is 1. The van der Waals surface area contributed by atoms with Gasteiger partial charge in [-0.15, -0.1) is 0 Å². The fraction of sp³-hybridized carbons (Fsp3) is 0.391. The normalized spacial score (nSPS) is 23.2. The number of rotatable bonds is 4. The zero-order valence-electron chi connectivity index (χ0n) is 17.3. The molecule has 0 spiro atoms. The zero-order chi connectivity index (χ0) is 20.8. The Kier molecular flexibility index (Phi) is 4.95. The van der Waals surface area contributed by atoms with Crippen LogP contribution in [0.5, 0.6) is 5.75 Å². The van der Waals surface area contributed by atoms with Crippen LogP contribution in [-0.4, -0.2) is 21.1 Å². The molecule has 0 saturated carbocycles. The van der Waals surface area contributed by atoms with Crippen molar-refractivity contribution in [1.29, 1.82) is 0 Å². The van der Waals surface area contributed by atoms with E-state index in [1.807, 2.05) is 45.0 Å². The highest BCUT2D eigenvalue weighted by atomic mass is 32.2. The smallest absolute Gasteiger partial charge is 0.241 e. The molecule has 3 atom stereocenters. The summed E-state index contributed by atoms with van der Waals surface area (Å²) in [5.74, 6) is 1.36. The fourth-order valence-corrected chi connectivity index (χ4v) is 5.82. The molecule has 2 aromatic carbocycles. The van der Waals surface area contributed by atoms with Crippen molar-refractivity contribution >= 4 is 15.7 Å².